The first-order valence-electron chi connectivity index (χ1n) is 6.05. The molecular weight excluding hydrogens is 330 g/mol. The van der Waals surface area contributed by atoms with Crippen LogP contribution in [0.5, 0.6) is 0 Å². The zero-order valence-corrected chi connectivity index (χ0v) is 12.6. The lowest BCUT2D eigenvalue weighted by molar-refractivity contribution is -0.150. The van der Waals surface area contributed by atoms with E-state index in [4.69, 9.17) is 5.11 Å². The molecule has 102 valence electrons. The number of carbonyl (C=O) groups excluding carboxylic acids is 1. The average molecular weight is 344 g/mol. The van der Waals surface area contributed by atoms with Crippen LogP contribution in [-0.4, -0.2) is 34.5 Å². The number of likely N-dealkylation sites (tertiary alicyclic amines) is 1. The summed E-state index contributed by atoms with van der Waals surface area (Å²) in [6, 6.07) is 3.14. The van der Waals surface area contributed by atoms with Crippen molar-refractivity contribution in [2.45, 2.75) is 25.3 Å². The van der Waals surface area contributed by atoms with Crippen LogP contribution in [0.3, 0.4) is 0 Å². The van der Waals surface area contributed by atoms with Crippen molar-refractivity contribution in [1.29, 1.82) is 0 Å². The summed E-state index contributed by atoms with van der Waals surface area (Å²) in [7, 11) is 0. The summed E-state index contributed by atoms with van der Waals surface area (Å²) < 4.78 is 1.00. The summed E-state index contributed by atoms with van der Waals surface area (Å²) in [5.41, 5.74) is 0. The Kier molecular flexibility index (Phi) is 4.76. The number of carboxylic acid groups (broad SMARTS) is 1. The fraction of sp³-hybridized carbons (Fsp3) is 0.385. The van der Waals surface area contributed by atoms with Gasteiger partial charge in [0.1, 0.15) is 6.04 Å². The number of amides is 1. The third-order valence-electron chi connectivity index (χ3n) is 3.06. The average Bonchev–Trinajstić information content (AvgIpc) is 2.81. The second-order valence-corrected chi connectivity index (χ2v) is 6.85. The van der Waals surface area contributed by atoms with Crippen molar-refractivity contribution in [2.24, 2.45) is 0 Å². The third-order valence-corrected chi connectivity index (χ3v) is 4.64. The molecule has 4 nitrogen and oxygen atoms in total. The molecule has 0 unspecified atom stereocenters. The van der Waals surface area contributed by atoms with Crippen LogP contribution in [0.15, 0.2) is 22.0 Å². The van der Waals surface area contributed by atoms with Crippen LogP contribution in [-0.2, 0) is 9.59 Å². The summed E-state index contributed by atoms with van der Waals surface area (Å²) in [6.07, 6.45) is 5.46. The third kappa shape index (κ3) is 3.67. The number of aliphatic carboxylic acids is 1. The van der Waals surface area contributed by atoms with Gasteiger partial charge in [0.25, 0.3) is 0 Å². The lowest BCUT2D eigenvalue weighted by Gasteiger charge is -2.32. The first kappa shape index (κ1) is 14.3. The van der Waals surface area contributed by atoms with Crippen LogP contribution in [0.4, 0.5) is 0 Å². The van der Waals surface area contributed by atoms with Gasteiger partial charge in [-0.1, -0.05) is 0 Å². The van der Waals surface area contributed by atoms with Crippen molar-refractivity contribution in [3.63, 3.8) is 0 Å². The second kappa shape index (κ2) is 6.34. The predicted molar refractivity (Wildman–Crippen MR) is 78.0 cm³/mol. The monoisotopic (exact) mass is 343 g/mol. The van der Waals surface area contributed by atoms with Crippen molar-refractivity contribution in [3.05, 3.63) is 26.9 Å². The molecule has 1 atom stereocenters. The molecule has 19 heavy (non-hydrogen) atoms. The van der Waals surface area contributed by atoms with Gasteiger partial charge in [0, 0.05) is 17.5 Å². The van der Waals surface area contributed by atoms with Crippen LogP contribution in [0.1, 0.15) is 24.1 Å². The highest BCUT2D eigenvalue weighted by atomic mass is 79.9. The molecule has 1 N–H and O–H groups in total. The lowest BCUT2D eigenvalue weighted by atomic mass is 10.0. The highest BCUT2D eigenvalue weighted by molar-refractivity contribution is 9.11. The number of nitrogens with zero attached hydrogens (tertiary/aromatic N) is 1. The molecule has 1 aromatic heterocycles. The van der Waals surface area contributed by atoms with Gasteiger partial charge in [0.05, 0.1) is 3.79 Å². The molecule has 1 saturated heterocycles. The molecule has 0 saturated carbocycles. The Morgan fingerprint density at radius 2 is 2.21 bits per heavy atom. The van der Waals surface area contributed by atoms with E-state index in [9.17, 15) is 9.59 Å². The largest absolute Gasteiger partial charge is 0.480 e. The molecule has 1 amide bonds. The molecule has 0 aromatic carbocycles. The summed E-state index contributed by atoms with van der Waals surface area (Å²) in [4.78, 5) is 25.6. The predicted octanol–water partition coefficient (Wildman–Crippen LogP) is 2.99. The fourth-order valence-electron chi connectivity index (χ4n) is 2.12. The van der Waals surface area contributed by atoms with Crippen LogP contribution in [0.2, 0.25) is 0 Å². The van der Waals surface area contributed by atoms with E-state index >= 15 is 0 Å². The van der Waals surface area contributed by atoms with E-state index in [2.05, 4.69) is 15.9 Å². The number of thiophene rings is 1. The van der Waals surface area contributed by atoms with E-state index in [0.29, 0.717) is 13.0 Å². The molecule has 0 radical (unpaired) electrons. The fourth-order valence-corrected chi connectivity index (χ4v) is 3.45. The molecule has 0 aliphatic carbocycles. The van der Waals surface area contributed by atoms with Gasteiger partial charge in [-0.05, 0) is 53.4 Å². The number of carboxylic acids is 1. The molecule has 1 fully saturated rings. The van der Waals surface area contributed by atoms with E-state index in [0.717, 1.165) is 21.5 Å². The molecule has 2 rings (SSSR count). The Morgan fingerprint density at radius 3 is 2.84 bits per heavy atom. The van der Waals surface area contributed by atoms with Gasteiger partial charge in [-0.3, -0.25) is 4.79 Å². The quantitative estimate of drug-likeness (QED) is 0.858. The zero-order valence-electron chi connectivity index (χ0n) is 10.2. The first-order chi connectivity index (χ1) is 9.08. The van der Waals surface area contributed by atoms with Gasteiger partial charge in [-0.15, -0.1) is 11.3 Å². The summed E-state index contributed by atoms with van der Waals surface area (Å²) in [5, 5.41) is 9.12. The Hall–Kier alpha value is -1.14. The number of hydrogen-bond donors (Lipinski definition) is 1. The topological polar surface area (TPSA) is 57.6 Å². The molecule has 1 aliphatic heterocycles. The Bertz CT molecular complexity index is 512. The van der Waals surface area contributed by atoms with E-state index in [1.165, 1.54) is 22.3 Å². The van der Waals surface area contributed by atoms with Crippen molar-refractivity contribution < 1.29 is 14.7 Å². The van der Waals surface area contributed by atoms with Crippen LogP contribution in [0.25, 0.3) is 6.08 Å². The molecule has 1 aliphatic rings. The van der Waals surface area contributed by atoms with E-state index in [-0.39, 0.29) is 5.91 Å². The zero-order chi connectivity index (χ0) is 13.8. The first-order valence-corrected chi connectivity index (χ1v) is 7.65. The van der Waals surface area contributed by atoms with Crippen LogP contribution in [0, 0.1) is 0 Å². The van der Waals surface area contributed by atoms with Gasteiger partial charge < -0.3 is 10.0 Å². The van der Waals surface area contributed by atoms with E-state index in [1.807, 2.05) is 12.1 Å². The minimum absolute atomic E-state index is 0.225. The Balaban J connectivity index is 2.05. The molecule has 1 aromatic rings. The maximum Gasteiger partial charge on any atom is 0.326 e. The summed E-state index contributed by atoms with van der Waals surface area (Å²) in [6.45, 7) is 0.522. The number of carbonyl (C=O) groups is 2. The van der Waals surface area contributed by atoms with Crippen LogP contribution >= 0.6 is 27.3 Å². The minimum Gasteiger partial charge on any atom is -0.480 e. The number of piperidine rings is 1. The normalized spacial score (nSPS) is 19.8. The van der Waals surface area contributed by atoms with Gasteiger partial charge in [0.15, 0.2) is 0 Å². The SMILES string of the molecule is O=C(O)[C@@H]1CCCCN1C(=O)C=Cc1ccc(Br)s1. The van der Waals surface area contributed by atoms with Gasteiger partial charge in [-0.25, -0.2) is 4.79 Å². The van der Waals surface area contributed by atoms with Crippen molar-refractivity contribution in [1.82, 2.24) is 4.90 Å². The van der Waals surface area contributed by atoms with Crippen molar-refractivity contribution in [2.75, 3.05) is 6.54 Å². The Labute approximate surface area is 123 Å². The summed E-state index contributed by atoms with van der Waals surface area (Å²) >= 11 is 4.88. The summed E-state index contributed by atoms with van der Waals surface area (Å²) in [5.74, 6) is -1.14. The molecule has 6 heteroatoms. The maximum absolute atomic E-state index is 12.1. The molecular formula is C13H14BrNO3S. The maximum atomic E-state index is 12.1. The van der Waals surface area contributed by atoms with Crippen LogP contribution < -0.4 is 0 Å². The number of rotatable bonds is 3. The highest BCUT2D eigenvalue weighted by Crippen LogP contribution is 2.23. The van der Waals surface area contributed by atoms with E-state index < -0.39 is 12.0 Å². The van der Waals surface area contributed by atoms with E-state index in [1.54, 1.807) is 6.08 Å². The number of hydrogen-bond acceptors (Lipinski definition) is 3. The number of halogens is 1. The van der Waals surface area contributed by atoms with Crippen molar-refractivity contribution >= 4 is 45.2 Å². The highest BCUT2D eigenvalue weighted by Gasteiger charge is 2.30. The van der Waals surface area contributed by atoms with Gasteiger partial charge in [0.2, 0.25) is 5.91 Å². The lowest BCUT2D eigenvalue weighted by Crippen LogP contribution is -2.47. The van der Waals surface area contributed by atoms with Gasteiger partial charge in [-0.2, -0.15) is 0 Å². The Morgan fingerprint density at radius 1 is 1.42 bits per heavy atom. The van der Waals surface area contributed by atoms with Gasteiger partial charge >= 0.3 is 5.97 Å². The molecule has 0 bridgehead atoms. The second-order valence-electron chi connectivity index (χ2n) is 4.36. The minimum atomic E-state index is -0.916. The molecule has 0 spiro atoms. The van der Waals surface area contributed by atoms with Crippen molar-refractivity contribution in [3.8, 4) is 0 Å². The molecule has 2 heterocycles. The standard InChI is InChI=1S/C13H14BrNO3S/c14-11-6-4-9(19-11)5-7-12(16)15-8-2-1-3-10(15)13(17)18/h4-7,10H,1-3,8H2,(H,17,18)/t10-/m0/s1. The smallest absolute Gasteiger partial charge is 0.326 e.